The molecule has 0 bridgehead atoms. The second-order valence-electron chi connectivity index (χ2n) is 3.89. The van der Waals surface area contributed by atoms with E-state index in [2.05, 4.69) is 19.0 Å². The zero-order chi connectivity index (χ0) is 12.4. The molecule has 0 radical (unpaired) electrons. The molecular weight excluding hydrogens is 242 g/mol. The summed E-state index contributed by atoms with van der Waals surface area (Å²) in [5, 5.41) is 0. The van der Waals surface area contributed by atoms with E-state index in [0.717, 1.165) is 17.7 Å². The van der Waals surface area contributed by atoms with Gasteiger partial charge in [-0.2, -0.15) is 0 Å². The first-order valence-corrected chi connectivity index (χ1v) is 9.18. The van der Waals surface area contributed by atoms with Crippen molar-refractivity contribution in [2.75, 3.05) is 40.5 Å². The van der Waals surface area contributed by atoms with Gasteiger partial charge < -0.3 is 0 Å². The van der Waals surface area contributed by atoms with Gasteiger partial charge in [0.05, 0.1) is 0 Å². The van der Waals surface area contributed by atoms with Gasteiger partial charge in [-0.25, -0.2) is 0 Å². The summed E-state index contributed by atoms with van der Waals surface area (Å²) in [7, 11) is 4.16. The van der Waals surface area contributed by atoms with Gasteiger partial charge in [0.2, 0.25) is 0 Å². The Kier molecular flexibility index (Phi) is 9.90. The van der Waals surface area contributed by atoms with Gasteiger partial charge in [0.15, 0.2) is 0 Å². The third kappa shape index (κ3) is 6.99. The van der Waals surface area contributed by atoms with E-state index in [-0.39, 0.29) is 0 Å². The first-order chi connectivity index (χ1) is 7.60. The van der Waals surface area contributed by atoms with E-state index in [1.807, 2.05) is 20.8 Å². The van der Waals surface area contributed by atoms with Crippen LogP contribution < -0.4 is 0 Å². The van der Waals surface area contributed by atoms with Crippen molar-refractivity contribution in [2.45, 2.75) is 31.9 Å². The number of nitrogens with zero attached hydrogens (tertiary/aromatic N) is 1. The van der Waals surface area contributed by atoms with Gasteiger partial charge in [0.1, 0.15) is 0 Å². The third-order valence-electron chi connectivity index (χ3n) is 2.18. The number of hydrogen-bond donors (Lipinski definition) is 0. The molecule has 0 N–H and O–H groups in total. The quantitative estimate of drug-likeness (QED) is 0.570. The van der Waals surface area contributed by atoms with E-state index >= 15 is 0 Å². The predicted molar refractivity (Wildman–Crippen MR) is 62.9 cm³/mol. The molecule has 98 valence electrons. The number of hydrogen-bond acceptors (Lipinski definition) is 4. The molecule has 0 aromatic rings. The average molecular weight is 269 g/mol. The van der Waals surface area contributed by atoms with Gasteiger partial charge in [0, 0.05) is 0 Å². The van der Waals surface area contributed by atoms with Crippen LogP contribution in [-0.2, 0) is 27.7 Å². The summed E-state index contributed by atoms with van der Waals surface area (Å²) in [6.45, 7) is 9.12. The minimum atomic E-state index is -2.93. The van der Waals surface area contributed by atoms with Crippen molar-refractivity contribution in [2.24, 2.45) is 0 Å². The van der Waals surface area contributed by atoms with E-state index < -0.39 is 17.8 Å². The van der Waals surface area contributed by atoms with Crippen molar-refractivity contribution in [3.05, 3.63) is 0 Å². The molecule has 4 nitrogen and oxygen atoms in total. The van der Waals surface area contributed by atoms with E-state index in [1.165, 1.54) is 0 Å². The molecule has 0 heterocycles. The van der Waals surface area contributed by atoms with Crippen LogP contribution in [0, 0.1) is 0 Å². The molecule has 0 rings (SSSR count). The predicted octanol–water partition coefficient (Wildman–Crippen LogP) is 2.36. The first kappa shape index (κ1) is 16.6. The Morgan fingerprint density at radius 2 is 1.31 bits per heavy atom. The van der Waals surface area contributed by atoms with Gasteiger partial charge >= 0.3 is 105 Å². The van der Waals surface area contributed by atoms with E-state index in [9.17, 15) is 0 Å². The van der Waals surface area contributed by atoms with Crippen molar-refractivity contribution in [3.63, 3.8) is 0 Å². The van der Waals surface area contributed by atoms with Crippen molar-refractivity contribution >= 4 is 0 Å². The second-order valence-corrected chi connectivity index (χ2v) is 8.16. The van der Waals surface area contributed by atoms with Gasteiger partial charge in [-0.3, -0.25) is 0 Å². The van der Waals surface area contributed by atoms with E-state index in [4.69, 9.17) is 9.96 Å². The van der Waals surface area contributed by atoms with Crippen LogP contribution in [0.25, 0.3) is 0 Å². The van der Waals surface area contributed by atoms with E-state index in [1.54, 1.807) is 0 Å². The summed E-state index contributed by atoms with van der Waals surface area (Å²) in [6, 6.07) is 0. The molecule has 0 unspecified atom stereocenters. The Hall–Kier alpha value is 0.554. The van der Waals surface area contributed by atoms with Crippen molar-refractivity contribution < 1.29 is 27.7 Å². The molecule has 5 heteroatoms. The summed E-state index contributed by atoms with van der Waals surface area (Å²) >= 11 is -2.93. The van der Waals surface area contributed by atoms with E-state index in [0.29, 0.717) is 19.8 Å². The maximum absolute atomic E-state index is 5.82. The summed E-state index contributed by atoms with van der Waals surface area (Å²) in [5.74, 6) is 0. The fourth-order valence-corrected chi connectivity index (χ4v) is 5.66. The molecule has 0 fully saturated rings. The summed E-state index contributed by atoms with van der Waals surface area (Å²) in [5.41, 5.74) is 0. The molecule has 0 saturated heterocycles. The number of rotatable bonds is 10. The van der Waals surface area contributed by atoms with Crippen molar-refractivity contribution in [1.29, 1.82) is 0 Å². The van der Waals surface area contributed by atoms with Gasteiger partial charge in [-0.1, -0.05) is 0 Å². The molecule has 0 aromatic heterocycles. The zero-order valence-electron chi connectivity index (χ0n) is 11.4. The summed E-state index contributed by atoms with van der Waals surface area (Å²) < 4.78 is 18.4. The van der Waals surface area contributed by atoms with Crippen LogP contribution >= 0.6 is 0 Å². The summed E-state index contributed by atoms with van der Waals surface area (Å²) in [4.78, 5) is 2.18. The van der Waals surface area contributed by atoms with Crippen LogP contribution in [0.4, 0.5) is 0 Å². The molecular formula is C11H27NO3Ti. The van der Waals surface area contributed by atoms with Crippen LogP contribution in [0.15, 0.2) is 0 Å². The normalized spacial score (nSPS) is 12.4. The SMILES string of the molecule is CC[O][Ti]([CH2]CCN(C)C)([O]CC)[O]CC. The molecule has 0 aliphatic heterocycles. The van der Waals surface area contributed by atoms with Gasteiger partial charge in [0.25, 0.3) is 0 Å². The van der Waals surface area contributed by atoms with Crippen LogP contribution in [0.3, 0.4) is 0 Å². The van der Waals surface area contributed by atoms with Gasteiger partial charge in [-0.05, 0) is 0 Å². The van der Waals surface area contributed by atoms with Crippen LogP contribution in [0.5, 0.6) is 0 Å². The zero-order valence-corrected chi connectivity index (χ0v) is 13.0. The summed E-state index contributed by atoms with van der Waals surface area (Å²) in [6.07, 6.45) is 1.08. The van der Waals surface area contributed by atoms with Crippen LogP contribution in [-0.4, -0.2) is 45.4 Å². The minimum absolute atomic E-state index is 0.683. The topological polar surface area (TPSA) is 30.9 Å². The van der Waals surface area contributed by atoms with Crippen LogP contribution in [0.1, 0.15) is 27.2 Å². The standard InChI is InChI=1S/C5H12N.3C2H5O.Ti/c1-4-5-6(2)3;3*1-2-3;/h1,4-5H2,2-3H3;3*2H2,1H3;/q;3*-1;+3. The molecule has 0 aromatic carbocycles. The monoisotopic (exact) mass is 269 g/mol. The average Bonchev–Trinajstić information content (AvgIpc) is 2.18. The Morgan fingerprint density at radius 3 is 1.62 bits per heavy atom. The van der Waals surface area contributed by atoms with Crippen molar-refractivity contribution in [1.82, 2.24) is 4.90 Å². The maximum atomic E-state index is 5.82. The van der Waals surface area contributed by atoms with Gasteiger partial charge in [-0.15, -0.1) is 0 Å². The fraction of sp³-hybridized carbons (Fsp3) is 1.00. The molecule has 0 aliphatic carbocycles. The Labute approximate surface area is 105 Å². The van der Waals surface area contributed by atoms with Crippen molar-refractivity contribution in [3.8, 4) is 0 Å². The molecule has 0 atom stereocenters. The first-order valence-electron chi connectivity index (χ1n) is 6.16. The third-order valence-corrected chi connectivity index (χ3v) is 7.10. The molecule has 0 spiro atoms. The Morgan fingerprint density at radius 1 is 0.875 bits per heavy atom. The molecule has 0 saturated carbocycles. The molecule has 16 heavy (non-hydrogen) atoms. The molecule has 0 amide bonds. The second kappa shape index (κ2) is 9.57. The Balaban J connectivity index is 4.23. The Bertz CT molecular complexity index is 150. The molecule has 0 aliphatic rings. The fourth-order valence-electron chi connectivity index (χ4n) is 1.61. The van der Waals surface area contributed by atoms with Crippen LogP contribution in [0.2, 0.25) is 4.73 Å².